The van der Waals surface area contributed by atoms with Crippen LogP contribution in [-0.2, 0) is 19.1 Å². The minimum absolute atomic E-state index is 0.0199. The summed E-state index contributed by atoms with van der Waals surface area (Å²) in [5.41, 5.74) is 2.02. The Morgan fingerprint density at radius 2 is 1.96 bits per heavy atom. The second-order valence-corrected chi connectivity index (χ2v) is 7.26. The zero-order valence-electron chi connectivity index (χ0n) is 15.8. The highest BCUT2D eigenvalue weighted by molar-refractivity contribution is 5.86. The number of amides is 2. The summed E-state index contributed by atoms with van der Waals surface area (Å²) in [6.07, 6.45) is 1.23. The largest absolute Gasteiger partial charge is 0.384 e. The number of likely N-dealkylation sites (tertiary alicyclic amines) is 1. The highest BCUT2D eigenvalue weighted by Crippen LogP contribution is 2.32. The Kier molecular flexibility index (Phi) is 5.94. The number of hydrogen-bond donors (Lipinski definition) is 0. The van der Waals surface area contributed by atoms with Crippen LogP contribution < -0.4 is 0 Å². The molecule has 2 fully saturated rings. The molecule has 0 aliphatic carbocycles. The van der Waals surface area contributed by atoms with Gasteiger partial charge in [0.1, 0.15) is 6.61 Å². The molecule has 0 aromatic heterocycles. The number of aryl methyl sites for hydroxylation is 1. The molecule has 2 aliphatic heterocycles. The third-order valence-corrected chi connectivity index (χ3v) is 5.56. The van der Waals surface area contributed by atoms with E-state index in [0.29, 0.717) is 19.0 Å². The van der Waals surface area contributed by atoms with E-state index in [4.69, 9.17) is 9.47 Å². The van der Waals surface area contributed by atoms with Crippen molar-refractivity contribution in [1.29, 1.82) is 0 Å². The maximum absolute atomic E-state index is 13.2. The van der Waals surface area contributed by atoms with Crippen molar-refractivity contribution >= 4 is 11.8 Å². The number of methoxy groups -OCH3 is 1. The number of piperidine rings is 1. The Morgan fingerprint density at radius 3 is 2.62 bits per heavy atom. The molecule has 142 valence electrons. The van der Waals surface area contributed by atoms with E-state index in [1.807, 2.05) is 36.1 Å². The number of benzene rings is 1. The Balaban J connectivity index is 1.79. The van der Waals surface area contributed by atoms with Crippen LogP contribution in [0.2, 0.25) is 0 Å². The van der Waals surface area contributed by atoms with E-state index >= 15 is 0 Å². The van der Waals surface area contributed by atoms with Gasteiger partial charge >= 0.3 is 0 Å². The molecule has 0 radical (unpaired) electrons. The Labute approximate surface area is 155 Å². The van der Waals surface area contributed by atoms with Crippen molar-refractivity contribution in [3.63, 3.8) is 0 Å². The number of likely N-dealkylation sites (N-methyl/N-ethyl adjacent to an activating group) is 1. The van der Waals surface area contributed by atoms with Crippen molar-refractivity contribution in [2.45, 2.75) is 31.9 Å². The topological polar surface area (TPSA) is 59.1 Å². The second-order valence-electron chi connectivity index (χ2n) is 7.26. The van der Waals surface area contributed by atoms with Gasteiger partial charge in [-0.3, -0.25) is 9.59 Å². The summed E-state index contributed by atoms with van der Waals surface area (Å²) < 4.78 is 11.0. The van der Waals surface area contributed by atoms with Gasteiger partial charge in [0, 0.05) is 33.9 Å². The fourth-order valence-electron chi connectivity index (χ4n) is 3.94. The van der Waals surface area contributed by atoms with Gasteiger partial charge in [-0.15, -0.1) is 0 Å². The number of rotatable bonds is 4. The first kappa shape index (κ1) is 18.9. The van der Waals surface area contributed by atoms with E-state index in [0.717, 1.165) is 30.6 Å². The molecule has 0 unspecified atom stereocenters. The smallest absolute Gasteiger partial charge is 0.254 e. The monoisotopic (exact) mass is 360 g/mol. The lowest BCUT2D eigenvalue weighted by atomic mass is 9.92. The van der Waals surface area contributed by atoms with E-state index in [-0.39, 0.29) is 24.5 Å². The van der Waals surface area contributed by atoms with Crippen molar-refractivity contribution in [3.8, 4) is 0 Å². The summed E-state index contributed by atoms with van der Waals surface area (Å²) in [7, 11) is 3.47. The molecule has 0 bridgehead atoms. The molecule has 1 aromatic rings. The van der Waals surface area contributed by atoms with Gasteiger partial charge < -0.3 is 19.3 Å². The van der Waals surface area contributed by atoms with Crippen LogP contribution >= 0.6 is 0 Å². The summed E-state index contributed by atoms with van der Waals surface area (Å²) in [4.78, 5) is 28.9. The van der Waals surface area contributed by atoms with Crippen molar-refractivity contribution < 1.29 is 19.1 Å². The van der Waals surface area contributed by atoms with E-state index in [2.05, 4.69) is 0 Å². The number of morpholine rings is 1. The Hall–Kier alpha value is -1.92. The molecular formula is C20H28N2O4. The SMILES string of the molecule is COCC1CCN(C(=O)[C@H]2OCC(=O)N(C)[C@@H]2c2ccccc2C)CC1. The molecule has 3 rings (SSSR count). The van der Waals surface area contributed by atoms with E-state index in [1.54, 1.807) is 19.1 Å². The van der Waals surface area contributed by atoms with E-state index in [9.17, 15) is 9.59 Å². The molecular weight excluding hydrogens is 332 g/mol. The van der Waals surface area contributed by atoms with Crippen LogP contribution in [0.5, 0.6) is 0 Å². The number of nitrogens with zero attached hydrogens (tertiary/aromatic N) is 2. The zero-order chi connectivity index (χ0) is 18.7. The van der Waals surface area contributed by atoms with Gasteiger partial charge in [0.2, 0.25) is 5.91 Å². The van der Waals surface area contributed by atoms with Gasteiger partial charge in [-0.05, 0) is 36.8 Å². The predicted molar refractivity (Wildman–Crippen MR) is 97.6 cm³/mol. The summed E-state index contributed by atoms with van der Waals surface area (Å²) in [5.74, 6) is 0.391. The fraction of sp³-hybridized carbons (Fsp3) is 0.600. The first-order valence-corrected chi connectivity index (χ1v) is 9.23. The number of carbonyl (C=O) groups is 2. The van der Waals surface area contributed by atoms with Crippen molar-refractivity contribution in [3.05, 3.63) is 35.4 Å². The first-order chi connectivity index (χ1) is 12.5. The Morgan fingerprint density at radius 1 is 1.27 bits per heavy atom. The highest BCUT2D eigenvalue weighted by Gasteiger charge is 2.42. The van der Waals surface area contributed by atoms with E-state index in [1.165, 1.54) is 0 Å². The molecule has 2 atom stereocenters. The molecule has 6 nitrogen and oxygen atoms in total. The van der Waals surface area contributed by atoms with Crippen LogP contribution in [0, 0.1) is 12.8 Å². The van der Waals surface area contributed by atoms with E-state index < -0.39 is 6.10 Å². The van der Waals surface area contributed by atoms with Crippen molar-refractivity contribution in [2.24, 2.45) is 5.92 Å². The third-order valence-electron chi connectivity index (χ3n) is 5.56. The average molecular weight is 360 g/mol. The minimum Gasteiger partial charge on any atom is -0.384 e. The standard InChI is InChI=1S/C20H28N2O4/c1-14-6-4-5-7-16(14)18-19(26-13-17(23)21(18)2)20(24)22-10-8-15(9-11-22)12-25-3/h4-7,15,18-19H,8-13H2,1-3H3/t18-,19+/m1/s1. The maximum Gasteiger partial charge on any atom is 0.254 e. The molecule has 0 spiro atoms. The van der Waals surface area contributed by atoms with Gasteiger partial charge in [-0.25, -0.2) is 0 Å². The van der Waals surface area contributed by atoms with Gasteiger partial charge in [-0.1, -0.05) is 24.3 Å². The Bertz CT molecular complexity index is 655. The molecule has 2 heterocycles. The molecule has 2 aliphatic rings. The summed E-state index contributed by atoms with van der Waals surface area (Å²) in [5, 5.41) is 0. The first-order valence-electron chi connectivity index (χ1n) is 9.23. The van der Waals surface area contributed by atoms with Gasteiger partial charge in [0.15, 0.2) is 6.10 Å². The molecule has 0 N–H and O–H groups in total. The predicted octanol–water partition coefficient (Wildman–Crippen LogP) is 1.78. The van der Waals surface area contributed by atoms with Gasteiger partial charge in [-0.2, -0.15) is 0 Å². The minimum atomic E-state index is -0.655. The lowest BCUT2D eigenvalue weighted by Gasteiger charge is -2.42. The molecule has 2 saturated heterocycles. The second kappa shape index (κ2) is 8.18. The van der Waals surface area contributed by atoms with Crippen LogP contribution in [0.25, 0.3) is 0 Å². The van der Waals surface area contributed by atoms with Crippen LogP contribution in [0.4, 0.5) is 0 Å². The quantitative estimate of drug-likeness (QED) is 0.821. The van der Waals surface area contributed by atoms with Crippen LogP contribution in [-0.4, -0.2) is 68.2 Å². The van der Waals surface area contributed by atoms with Crippen molar-refractivity contribution in [1.82, 2.24) is 9.80 Å². The number of ether oxygens (including phenoxy) is 2. The normalized spacial score (nSPS) is 24.8. The summed E-state index contributed by atoms with van der Waals surface area (Å²) >= 11 is 0. The van der Waals surface area contributed by atoms with Gasteiger partial charge in [0.05, 0.1) is 6.04 Å². The van der Waals surface area contributed by atoms with Crippen LogP contribution in [0.15, 0.2) is 24.3 Å². The van der Waals surface area contributed by atoms with Gasteiger partial charge in [0.25, 0.3) is 5.91 Å². The molecule has 0 saturated carbocycles. The summed E-state index contributed by atoms with van der Waals surface area (Å²) in [6, 6.07) is 7.49. The van der Waals surface area contributed by atoms with Crippen LogP contribution in [0.1, 0.15) is 30.0 Å². The van der Waals surface area contributed by atoms with Crippen LogP contribution in [0.3, 0.4) is 0 Å². The molecule has 2 amide bonds. The third kappa shape index (κ3) is 3.76. The number of carbonyl (C=O) groups excluding carboxylic acids is 2. The summed E-state index contributed by atoms with van der Waals surface area (Å²) in [6.45, 7) is 4.12. The zero-order valence-corrected chi connectivity index (χ0v) is 15.8. The highest BCUT2D eigenvalue weighted by atomic mass is 16.5. The molecule has 1 aromatic carbocycles. The molecule has 6 heteroatoms. The van der Waals surface area contributed by atoms with Crippen molar-refractivity contribution in [2.75, 3.05) is 40.5 Å². The lowest BCUT2D eigenvalue weighted by molar-refractivity contribution is -0.168. The maximum atomic E-state index is 13.2. The fourth-order valence-corrected chi connectivity index (χ4v) is 3.94. The average Bonchev–Trinajstić information content (AvgIpc) is 2.65. The number of hydrogen-bond acceptors (Lipinski definition) is 4. The lowest BCUT2D eigenvalue weighted by Crippen LogP contribution is -2.55. The molecule has 26 heavy (non-hydrogen) atoms.